The molecule has 1 unspecified atom stereocenters. The standard InChI is InChI=1S/C16H18F2N2OS/c1-3-20(12-6-7-13(17)14(18)9-12)10-16(21)19-11(2)15-5-4-8-22-15/h4-9,11H,3,10H2,1-2H3,(H,19,21). The summed E-state index contributed by atoms with van der Waals surface area (Å²) >= 11 is 1.58. The van der Waals surface area contributed by atoms with Crippen LogP contribution in [0.5, 0.6) is 0 Å². The number of nitrogens with one attached hydrogen (secondary N) is 1. The molecule has 1 N–H and O–H groups in total. The van der Waals surface area contributed by atoms with Crippen molar-refractivity contribution in [1.82, 2.24) is 5.32 Å². The number of hydrogen-bond acceptors (Lipinski definition) is 3. The maximum atomic E-state index is 13.3. The van der Waals surface area contributed by atoms with Crippen LogP contribution in [0.25, 0.3) is 0 Å². The van der Waals surface area contributed by atoms with Crippen LogP contribution in [0.15, 0.2) is 35.7 Å². The molecule has 0 aliphatic heterocycles. The van der Waals surface area contributed by atoms with Crippen molar-refractivity contribution in [2.24, 2.45) is 0 Å². The van der Waals surface area contributed by atoms with Gasteiger partial charge in [0, 0.05) is 23.2 Å². The highest BCUT2D eigenvalue weighted by atomic mass is 32.1. The molecule has 0 bridgehead atoms. The second kappa shape index (κ2) is 7.35. The number of hydrogen-bond donors (Lipinski definition) is 1. The lowest BCUT2D eigenvalue weighted by Gasteiger charge is -2.23. The van der Waals surface area contributed by atoms with Crippen LogP contribution in [0.1, 0.15) is 24.8 Å². The maximum Gasteiger partial charge on any atom is 0.240 e. The van der Waals surface area contributed by atoms with E-state index in [1.165, 1.54) is 6.07 Å². The molecular weight excluding hydrogens is 306 g/mol. The third-order valence-electron chi connectivity index (χ3n) is 3.33. The fourth-order valence-corrected chi connectivity index (χ4v) is 2.87. The van der Waals surface area contributed by atoms with Gasteiger partial charge in [-0.1, -0.05) is 6.07 Å². The van der Waals surface area contributed by atoms with Crippen molar-refractivity contribution < 1.29 is 13.6 Å². The fraction of sp³-hybridized carbons (Fsp3) is 0.312. The van der Waals surface area contributed by atoms with E-state index in [0.29, 0.717) is 12.2 Å². The number of benzene rings is 1. The highest BCUT2D eigenvalue weighted by Gasteiger charge is 2.15. The molecule has 6 heteroatoms. The average Bonchev–Trinajstić information content (AvgIpc) is 3.02. The molecule has 22 heavy (non-hydrogen) atoms. The molecule has 0 fully saturated rings. The number of likely N-dealkylation sites (N-methyl/N-ethyl adjacent to an activating group) is 1. The van der Waals surface area contributed by atoms with Gasteiger partial charge in [0.25, 0.3) is 0 Å². The van der Waals surface area contributed by atoms with Crippen LogP contribution in [0.3, 0.4) is 0 Å². The van der Waals surface area contributed by atoms with E-state index < -0.39 is 11.6 Å². The second-order valence-corrected chi connectivity index (χ2v) is 5.90. The summed E-state index contributed by atoms with van der Waals surface area (Å²) in [5, 5.41) is 4.86. The fourth-order valence-electron chi connectivity index (χ4n) is 2.14. The molecule has 2 rings (SSSR count). The monoisotopic (exact) mass is 324 g/mol. The number of rotatable bonds is 6. The average molecular weight is 324 g/mol. The first-order valence-corrected chi connectivity index (χ1v) is 7.92. The Bertz CT molecular complexity index is 631. The summed E-state index contributed by atoms with van der Waals surface area (Å²) in [6.07, 6.45) is 0. The van der Waals surface area contributed by atoms with E-state index in [4.69, 9.17) is 0 Å². The number of carbonyl (C=O) groups excluding carboxylic acids is 1. The second-order valence-electron chi connectivity index (χ2n) is 4.92. The third-order valence-corrected chi connectivity index (χ3v) is 4.39. The minimum Gasteiger partial charge on any atom is -0.362 e. The van der Waals surface area contributed by atoms with E-state index in [1.807, 2.05) is 31.4 Å². The Kier molecular flexibility index (Phi) is 5.49. The van der Waals surface area contributed by atoms with Gasteiger partial charge in [-0.25, -0.2) is 8.78 Å². The molecular formula is C16H18F2N2OS. The molecule has 1 amide bonds. The van der Waals surface area contributed by atoms with Crippen LogP contribution in [0.2, 0.25) is 0 Å². The molecule has 1 heterocycles. The van der Waals surface area contributed by atoms with E-state index in [-0.39, 0.29) is 18.5 Å². The van der Waals surface area contributed by atoms with Gasteiger partial charge in [0.2, 0.25) is 5.91 Å². The Balaban J connectivity index is 2.00. The van der Waals surface area contributed by atoms with E-state index in [1.54, 1.807) is 16.2 Å². The van der Waals surface area contributed by atoms with Gasteiger partial charge in [0.1, 0.15) is 0 Å². The highest BCUT2D eigenvalue weighted by molar-refractivity contribution is 7.10. The molecule has 0 aliphatic rings. The van der Waals surface area contributed by atoms with Crippen LogP contribution in [0.4, 0.5) is 14.5 Å². The van der Waals surface area contributed by atoms with Crippen LogP contribution < -0.4 is 10.2 Å². The summed E-state index contributed by atoms with van der Waals surface area (Å²) in [4.78, 5) is 14.9. The van der Waals surface area contributed by atoms with Crippen LogP contribution in [0, 0.1) is 11.6 Å². The first kappa shape index (κ1) is 16.4. The van der Waals surface area contributed by atoms with Gasteiger partial charge in [-0.2, -0.15) is 0 Å². The van der Waals surface area contributed by atoms with E-state index in [9.17, 15) is 13.6 Å². The molecule has 1 aromatic heterocycles. The van der Waals surface area contributed by atoms with Gasteiger partial charge >= 0.3 is 0 Å². The molecule has 0 spiro atoms. The first-order chi connectivity index (χ1) is 10.5. The number of nitrogens with zero attached hydrogens (tertiary/aromatic N) is 1. The smallest absolute Gasteiger partial charge is 0.240 e. The maximum absolute atomic E-state index is 13.3. The van der Waals surface area contributed by atoms with E-state index in [0.717, 1.165) is 17.0 Å². The minimum atomic E-state index is -0.914. The summed E-state index contributed by atoms with van der Waals surface area (Å²) in [6.45, 7) is 4.39. The number of carbonyl (C=O) groups is 1. The van der Waals surface area contributed by atoms with Gasteiger partial charge in [-0.15, -0.1) is 11.3 Å². The summed E-state index contributed by atoms with van der Waals surface area (Å²) < 4.78 is 26.3. The number of amides is 1. The van der Waals surface area contributed by atoms with Crippen molar-refractivity contribution in [1.29, 1.82) is 0 Å². The Morgan fingerprint density at radius 3 is 2.68 bits per heavy atom. The van der Waals surface area contributed by atoms with Crippen molar-refractivity contribution in [3.8, 4) is 0 Å². The minimum absolute atomic E-state index is 0.0730. The molecule has 1 aromatic carbocycles. The van der Waals surface area contributed by atoms with Crippen molar-refractivity contribution >= 4 is 22.9 Å². The molecule has 118 valence electrons. The van der Waals surface area contributed by atoms with Crippen molar-refractivity contribution in [3.05, 3.63) is 52.2 Å². The molecule has 0 saturated heterocycles. The molecule has 2 aromatic rings. The lowest BCUT2D eigenvalue weighted by molar-refractivity contribution is -0.120. The molecule has 0 saturated carbocycles. The zero-order valence-corrected chi connectivity index (χ0v) is 13.3. The zero-order valence-electron chi connectivity index (χ0n) is 12.5. The molecule has 1 atom stereocenters. The molecule has 0 radical (unpaired) electrons. The normalized spacial score (nSPS) is 12.0. The van der Waals surface area contributed by atoms with Gasteiger partial charge < -0.3 is 10.2 Å². The van der Waals surface area contributed by atoms with Crippen molar-refractivity contribution in [2.75, 3.05) is 18.0 Å². The number of halogens is 2. The summed E-state index contributed by atoms with van der Waals surface area (Å²) in [5.74, 6) is -1.97. The van der Waals surface area contributed by atoms with Gasteiger partial charge in [-0.05, 0) is 37.4 Å². The lowest BCUT2D eigenvalue weighted by atomic mass is 10.2. The van der Waals surface area contributed by atoms with E-state index in [2.05, 4.69) is 5.32 Å². The molecule has 0 aliphatic carbocycles. The molecule has 3 nitrogen and oxygen atoms in total. The lowest BCUT2D eigenvalue weighted by Crippen LogP contribution is -2.38. The van der Waals surface area contributed by atoms with Crippen molar-refractivity contribution in [2.45, 2.75) is 19.9 Å². The largest absolute Gasteiger partial charge is 0.362 e. The van der Waals surface area contributed by atoms with Gasteiger partial charge in [0.05, 0.1) is 12.6 Å². The van der Waals surface area contributed by atoms with E-state index >= 15 is 0 Å². The van der Waals surface area contributed by atoms with Crippen LogP contribution >= 0.6 is 11.3 Å². The Morgan fingerprint density at radius 2 is 2.09 bits per heavy atom. The summed E-state index contributed by atoms with van der Waals surface area (Å²) in [6, 6.07) is 7.47. The summed E-state index contributed by atoms with van der Waals surface area (Å²) in [5.41, 5.74) is 0.486. The predicted molar refractivity (Wildman–Crippen MR) is 85.1 cm³/mol. The number of thiophene rings is 1. The van der Waals surface area contributed by atoms with Crippen molar-refractivity contribution in [3.63, 3.8) is 0 Å². The Labute approximate surface area is 132 Å². The highest BCUT2D eigenvalue weighted by Crippen LogP contribution is 2.19. The third kappa shape index (κ3) is 4.04. The Hall–Kier alpha value is -1.95. The van der Waals surface area contributed by atoms with Crippen LogP contribution in [-0.2, 0) is 4.79 Å². The number of anilines is 1. The SMILES string of the molecule is CCN(CC(=O)NC(C)c1cccs1)c1ccc(F)c(F)c1. The van der Waals surface area contributed by atoms with Crippen LogP contribution in [-0.4, -0.2) is 19.0 Å². The first-order valence-electron chi connectivity index (χ1n) is 7.04. The quantitative estimate of drug-likeness (QED) is 0.878. The Morgan fingerprint density at radius 1 is 1.32 bits per heavy atom. The van der Waals surface area contributed by atoms with Gasteiger partial charge in [-0.3, -0.25) is 4.79 Å². The predicted octanol–water partition coefficient (Wildman–Crippen LogP) is 3.73. The summed E-state index contributed by atoms with van der Waals surface area (Å²) in [7, 11) is 0. The topological polar surface area (TPSA) is 32.3 Å². The van der Waals surface area contributed by atoms with Gasteiger partial charge in [0.15, 0.2) is 11.6 Å². The zero-order chi connectivity index (χ0) is 16.1.